The van der Waals surface area contributed by atoms with Gasteiger partial charge in [-0.3, -0.25) is 4.68 Å². The fourth-order valence-electron chi connectivity index (χ4n) is 2.64. The first-order valence-electron chi connectivity index (χ1n) is 7.36. The van der Waals surface area contributed by atoms with Crippen LogP contribution >= 0.6 is 0 Å². The molecule has 0 atom stereocenters. The number of ether oxygens (including phenoxy) is 1. The van der Waals surface area contributed by atoms with Crippen molar-refractivity contribution in [3.63, 3.8) is 0 Å². The summed E-state index contributed by atoms with van der Waals surface area (Å²) in [6.07, 6.45) is 1.21. The zero-order chi connectivity index (χ0) is 17.5. The molecule has 0 aromatic carbocycles. The van der Waals surface area contributed by atoms with Crippen molar-refractivity contribution in [2.45, 2.75) is 24.8 Å². The van der Waals surface area contributed by atoms with Crippen LogP contribution in [-0.4, -0.2) is 46.7 Å². The number of rotatable bonds is 4. The maximum Gasteiger partial charge on any atom is 0.246 e. The molecule has 0 amide bonds. The number of hydrogen-bond acceptors (Lipinski definition) is 6. The van der Waals surface area contributed by atoms with Crippen LogP contribution in [0.5, 0.6) is 5.88 Å². The minimum atomic E-state index is -3.58. The van der Waals surface area contributed by atoms with Gasteiger partial charge in [0.05, 0.1) is 36.1 Å². The second-order valence-electron chi connectivity index (χ2n) is 5.68. The Labute approximate surface area is 140 Å². The third-order valence-corrected chi connectivity index (χ3v) is 6.09. The lowest BCUT2D eigenvalue weighted by atomic mass is 10.2. The van der Waals surface area contributed by atoms with E-state index >= 15 is 0 Å². The highest BCUT2D eigenvalue weighted by Crippen LogP contribution is 2.28. The summed E-state index contributed by atoms with van der Waals surface area (Å²) in [7, 11) is -1.86. The number of nitriles is 1. The van der Waals surface area contributed by atoms with E-state index < -0.39 is 10.0 Å². The highest BCUT2D eigenvalue weighted by Gasteiger charge is 2.40. The SMILES string of the molecule is Cc1nn(C)c(C)c1S(=O)(=O)N1CC(Oc2cc(C#N)ccn2)C1. The highest BCUT2D eigenvalue weighted by atomic mass is 32.2. The van der Waals surface area contributed by atoms with Crippen molar-refractivity contribution in [1.82, 2.24) is 19.1 Å². The van der Waals surface area contributed by atoms with E-state index in [0.29, 0.717) is 22.8 Å². The molecule has 126 valence electrons. The van der Waals surface area contributed by atoms with E-state index in [0.717, 1.165) is 0 Å². The number of sulfonamides is 1. The van der Waals surface area contributed by atoms with Gasteiger partial charge in [0.1, 0.15) is 11.0 Å². The van der Waals surface area contributed by atoms with Crippen molar-refractivity contribution >= 4 is 10.0 Å². The maximum absolute atomic E-state index is 12.7. The first kappa shape index (κ1) is 16.4. The molecular formula is C15H17N5O3S. The van der Waals surface area contributed by atoms with E-state index in [1.165, 1.54) is 16.6 Å². The van der Waals surface area contributed by atoms with Gasteiger partial charge in [0.2, 0.25) is 15.9 Å². The van der Waals surface area contributed by atoms with Gasteiger partial charge in [-0.25, -0.2) is 13.4 Å². The van der Waals surface area contributed by atoms with Crippen molar-refractivity contribution in [1.29, 1.82) is 5.26 Å². The summed E-state index contributed by atoms with van der Waals surface area (Å²) in [5.41, 5.74) is 1.55. The average molecular weight is 347 g/mol. The van der Waals surface area contributed by atoms with Crippen LogP contribution in [0.4, 0.5) is 0 Å². The molecular weight excluding hydrogens is 330 g/mol. The smallest absolute Gasteiger partial charge is 0.246 e. The Hall–Kier alpha value is -2.44. The Bertz CT molecular complexity index is 923. The van der Waals surface area contributed by atoms with Gasteiger partial charge in [0, 0.05) is 19.3 Å². The van der Waals surface area contributed by atoms with Gasteiger partial charge in [0.25, 0.3) is 0 Å². The first-order valence-corrected chi connectivity index (χ1v) is 8.80. The molecule has 0 unspecified atom stereocenters. The first-order chi connectivity index (χ1) is 11.3. The number of aromatic nitrogens is 3. The third-order valence-electron chi connectivity index (χ3n) is 4.01. The molecule has 3 heterocycles. The van der Waals surface area contributed by atoms with Crippen LogP contribution in [0.25, 0.3) is 0 Å². The van der Waals surface area contributed by atoms with Gasteiger partial charge in [-0.1, -0.05) is 0 Å². The molecule has 0 saturated carbocycles. The summed E-state index contributed by atoms with van der Waals surface area (Å²) in [5, 5.41) is 13.0. The molecule has 0 spiro atoms. The molecule has 9 heteroatoms. The zero-order valence-electron chi connectivity index (χ0n) is 13.6. The van der Waals surface area contributed by atoms with Crippen molar-refractivity contribution in [3.05, 3.63) is 35.3 Å². The summed E-state index contributed by atoms with van der Waals surface area (Å²) in [6, 6.07) is 5.13. The molecule has 2 aromatic rings. The standard InChI is InChI=1S/C15H17N5O3S/c1-10-15(11(2)19(3)18-10)24(21,22)20-8-13(9-20)23-14-6-12(7-16)4-5-17-14/h4-6,13H,8-9H2,1-3H3. The van der Waals surface area contributed by atoms with Crippen LogP contribution in [0, 0.1) is 25.2 Å². The van der Waals surface area contributed by atoms with Gasteiger partial charge < -0.3 is 4.74 Å². The van der Waals surface area contributed by atoms with E-state index in [2.05, 4.69) is 10.1 Å². The molecule has 1 saturated heterocycles. The second kappa shape index (κ2) is 5.89. The van der Waals surface area contributed by atoms with Crippen molar-refractivity contribution < 1.29 is 13.2 Å². The number of hydrogen-bond donors (Lipinski definition) is 0. The second-order valence-corrected chi connectivity index (χ2v) is 7.55. The van der Waals surface area contributed by atoms with E-state index in [-0.39, 0.29) is 24.1 Å². The lowest BCUT2D eigenvalue weighted by Crippen LogP contribution is -2.56. The predicted molar refractivity (Wildman–Crippen MR) is 84.8 cm³/mol. The van der Waals surface area contributed by atoms with Crippen molar-refractivity contribution in [2.24, 2.45) is 7.05 Å². The molecule has 0 N–H and O–H groups in total. The normalized spacial score (nSPS) is 15.8. The van der Waals surface area contributed by atoms with E-state index in [4.69, 9.17) is 10.00 Å². The molecule has 1 aliphatic rings. The van der Waals surface area contributed by atoms with Gasteiger partial charge in [-0.15, -0.1) is 0 Å². The van der Waals surface area contributed by atoms with Crippen LogP contribution < -0.4 is 4.74 Å². The summed E-state index contributed by atoms with van der Waals surface area (Å²) in [4.78, 5) is 4.29. The minimum absolute atomic E-state index is 0.245. The molecule has 3 rings (SSSR count). The van der Waals surface area contributed by atoms with Gasteiger partial charge in [-0.05, 0) is 19.9 Å². The van der Waals surface area contributed by atoms with Crippen LogP contribution in [0.3, 0.4) is 0 Å². The topological polar surface area (TPSA) is 101 Å². The molecule has 1 fully saturated rings. The molecule has 2 aromatic heterocycles. The summed E-state index contributed by atoms with van der Waals surface area (Å²) < 4.78 is 34.0. The monoisotopic (exact) mass is 347 g/mol. The van der Waals surface area contributed by atoms with Crippen LogP contribution in [0.1, 0.15) is 17.0 Å². The van der Waals surface area contributed by atoms with E-state index in [9.17, 15) is 8.42 Å². The highest BCUT2D eigenvalue weighted by molar-refractivity contribution is 7.89. The lowest BCUT2D eigenvalue weighted by Gasteiger charge is -2.37. The van der Waals surface area contributed by atoms with Gasteiger partial charge in [0.15, 0.2) is 0 Å². The van der Waals surface area contributed by atoms with Gasteiger partial charge in [-0.2, -0.15) is 14.7 Å². The van der Waals surface area contributed by atoms with Crippen LogP contribution in [0.2, 0.25) is 0 Å². The summed E-state index contributed by atoms with van der Waals surface area (Å²) in [6.45, 7) is 3.91. The summed E-state index contributed by atoms with van der Waals surface area (Å²) >= 11 is 0. The van der Waals surface area contributed by atoms with Crippen LogP contribution in [-0.2, 0) is 17.1 Å². The quantitative estimate of drug-likeness (QED) is 0.809. The lowest BCUT2D eigenvalue weighted by molar-refractivity contribution is 0.0720. The Kier molecular flexibility index (Phi) is 4.03. The molecule has 8 nitrogen and oxygen atoms in total. The van der Waals surface area contributed by atoms with E-state index in [1.54, 1.807) is 31.6 Å². The van der Waals surface area contributed by atoms with E-state index in [1.807, 2.05) is 6.07 Å². The zero-order valence-corrected chi connectivity index (χ0v) is 14.4. The maximum atomic E-state index is 12.7. The average Bonchev–Trinajstić information content (AvgIpc) is 2.75. The molecule has 0 aliphatic carbocycles. The third kappa shape index (κ3) is 2.74. The molecule has 24 heavy (non-hydrogen) atoms. The predicted octanol–water partition coefficient (Wildman–Crippen LogP) is 0.756. The fourth-order valence-corrected chi connectivity index (χ4v) is 4.55. The summed E-state index contributed by atoms with van der Waals surface area (Å²) in [5.74, 6) is 0.324. The largest absolute Gasteiger partial charge is 0.471 e. The Morgan fingerprint density at radius 3 is 2.67 bits per heavy atom. The van der Waals surface area contributed by atoms with Gasteiger partial charge >= 0.3 is 0 Å². The molecule has 0 radical (unpaired) electrons. The molecule has 1 aliphatic heterocycles. The minimum Gasteiger partial charge on any atom is -0.471 e. The Balaban J connectivity index is 1.71. The van der Waals surface area contributed by atoms with Crippen molar-refractivity contribution in [3.8, 4) is 11.9 Å². The van der Waals surface area contributed by atoms with Crippen molar-refractivity contribution in [2.75, 3.05) is 13.1 Å². The Morgan fingerprint density at radius 1 is 1.38 bits per heavy atom. The Morgan fingerprint density at radius 2 is 2.08 bits per heavy atom. The van der Waals surface area contributed by atoms with Crippen LogP contribution in [0.15, 0.2) is 23.2 Å². The molecule has 0 bridgehead atoms. The fraction of sp³-hybridized carbons (Fsp3) is 0.400. The number of aryl methyl sites for hydroxylation is 2. The number of nitrogens with zero attached hydrogens (tertiary/aromatic N) is 5. The number of pyridine rings is 1.